The lowest BCUT2D eigenvalue weighted by Gasteiger charge is -2.09. The Morgan fingerprint density at radius 1 is 1.12 bits per heavy atom. The average Bonchev–Trinajstić information content (AvgIpc) is 3.31. The number of aromatic nitrogens is 6. The molecule has 4 rings (SSSR count). The lowest BCUT2D eigenvalue weighted by atomic mass is 10.3. The van der Waals surface area contributed by atoms with Gasteiger partial charge in [0.05, 0.1) is 18.3 Å². The van der Waals surface area contributed by atoms with E-state index in [4.69, 9.17) is 0 Å². The van der Waals surface area contributed by atoms with Crippen molar-refractivity contribution < 1.29 is 8.78 Å². The molecule has 7 nitrogen and oxygen atoms in total. The van der Waals surface area contributed by atoms with Gasteiger partial charge in [-0.2, -0.15) is 9.61 Å². The molecule has 0 atom stereocenters. The Bertz CT molecular complexity index is 835. The van der Waals surface area contributed by atoms with Crippen molar-refractivity contribution >= 4 is 11.5 Å². The van der Waals surface area contributed by atoms with Crippen LogP contribution in [0.5, 0.6) is 0 Å². The van der Waals surface area contributed by atoms with Gasteiger partial charge in [0.15, 0.2) is 5.65 Å². The van der Waals surface area contributed by atoms with Crippen LogP contribution in [0.2, 0.25) is 0 Å². The van der Waals surface area contributed by atoms with Gasteiger partial charge in [-0.05, 0) is 31.0 Å². The molecule has 0 aromatic carbocycles. The van der Waals surface area contributed by atoms with Crippen molar-refractivity contribution in [3.05, 3.63) is 35.9 Å². The lowest BCUT2D eigenvalue weighted by molar-refractivity contribution is 0.137. The van der Waals surface area contributed by atoms with Crippen LogP contribution in [0, 0.1) is 0 Å². The lowest BCUT2D eigenvalue weighted by Crippen LogP contribution is -2.08. The third-order valence-corrected chi connectivity index (χ3v) is 4.30. The van der Waals surface area contributed by atoms with Gasteiger partial charge in [0.1, 0.15) is 5.82 Å². The Hall–Kier alpha value is -2.58. The van der Waals surface area contributed by atoms with E-state index in [1.807, 2.05) is 16.9 Å². The van der Waals surface area contributed by atoms with Crippen LogP contribution in [-0.2, 0) is 6.54 Å². The number of halogens is 2. The fraction of sp³-hybridized carbons (Fsp3) is 0.467. The van der Waals surface area contributed by atoms with Gasteiger partial charge in [0.2, 0.25) is 5.82 Å². The third-order valence-electron chi connectivity index (χ3n) is 4.30. The van der Waals surface area contributed by atoms with Crippen molar-refractivity contribution in [3.8, 4) is 0 Å². The number of nitrogens with zero attached hydrogens (tertiary/aromatic N) is 6. The number of hydrogen-bond acceptors (Lipinski definition) is 5. The van der Waals surface area contributed by atoms with Gasteiger partial charge >= 0.3 is 0 Å². The molecule has 0 aliphatic heterocycles. The van der Waals surface area contributed by atoms with Crippen molar-refractivity contribution in [2.24, 2.45) is 0 Å². The van der Waals surface area contributed by atoms with E-state index in [-0.39, 0.29) is 0 Å². The monoisotopic (exact) mass is 333 g/mol. The Labute approximate surface area is 136 Å². The molecule has 0 spiro atoms. The van der Waals surface area contributed by atoms with Crippen molar-refractivity contribution in [3.63, 3.8) is 0 Å². The van der Waals surface area contributed by atoms with Crippen LogP contribution in [0.15, 0.2) is 24.4 Å². The normalized spacial score (nSPS) is 15.6. The second-order valence-electron chi connectivity index (χ2n) is 5.93. The van der Waals surface area contributed by atoms with E-state index in [1.54, 1.807) is 12.1 Å². The minimum atomic E-state index is -2.72. The summed E-state index contributed by atoms with van der Waals surface area (Å²) in [6, 6.07) is 5.75. The minimum Gasteiger partial charge on any atom is -0.363 e. The molecule has 3 aromatic heterocycles. The summed E-state index contributed by atoms with van der Waals surface area (Å²) in [6.45, 7) is 0.477. The molecule has 3 aromatic rings. The van der Waals surface area contributed by atoms with Gasteiger partial charge in [0.25, 0.3) is 6.43 Å². The summed E-state index contributed by atoms with van der Waals surface area (Å²) in [5, 5.41) is 18.9. The number of anilines is 1. The summed E-state index contributed by atoms with van der Waals surface area (Å²) in [5.74, 6) is 0.0128. The molecule has 3 heterocycles. The first-order chi connectivity index (χ1) is 11.7. The highest BCUT2D eigenvalue weighted by Gasteiger charge is 2.18. The van der Waals surface area contributed by atoms with E-state index in [1.165, 1.54) is 25.7 Å². The predicted molar refractivity (Wildman–Crippen MR) is 82.8 cm³/mol. The van der Waals surface area contributed by atoms with Gasteiger partial charge < -0.3 is 5.32 Å². The summed E-state index contributed by atoms with van der Waals surface area (Å²) in [6.07, 6.45) is 4.15. The third kappa shape index (κ3) is 2.81. The molecule has 0 radical (unpaired) electrons. The number of nitrogens with one attached hydrogen (secondary N) is 1. The van der Waals surface area contributed by atoms with Crippen molar-refractivity contribution in [2.45, 2.75) is 44.7 Å². The van der Waals surface area contributed by atoms with E-state index < -0.39 is 12.2 Å². The fourth-order valence-corrected chi connectivity index (χ4v) is 3.06. The van der Waals surface area contributed by atoms with E-state index in [0.717, 1.165) is 10.2 Å². The van der Waals surface area contributed by atoms with E-state index in [0.29, 0.717) is 24.1 Å². The Morgan fingerprint density at radius 2 is 1.96 bits per heavy atom. The van der Waals surface area contributed by atoms with Crippen molar-refractivity contribution in [2.75, 3.05) is 5.32 Å². The van der Waals surface area contributed by atoms with Crippen LogP contribution in [0.25, 0.3) is 5.65 Å². The molecule has 9 heteroatoms. The summed E-state index contributed by atoms with van der Waals surface area (Å²) >= 11 is 0. The summed E-state index contributed by atoms with van der Waals surface area (Å²) in [4.78, 5) is 0. The SMILES string of the molecule is FC(F)c1nnc2ccc(NCc3ccn(C4CCCC4)n3)nn12. The van der Waals surface area contributed by atoms with Crippen LogP contribution < -0.4 is 5.32 Å². The van der Waals surface area contributed by atoms with Crippen LogP contribution in [0.3, 0.4) is 0 Å². The molecule has 1 N–H and O–H groups in total. The quantitative estimate of drug-likeness (QED) is 0.777. The zero-order valence-electron chi connectivity index (χ0n) is 12.9. The summed E-state index contributed by atoms with van der Waals surface area (Å²) < 4.78 is 28.8. The molecule has 0 unspecified atom stereocenters. The second kappa shape index (κ2) is 6.14. The zero-order valence-corrected chi connectivity index (χ0v) is 12.9. The van der Waals surface area contributed by atoms with Crippen LogP contribution in [0.4, 0.5) is 14.6 Å². The number of hydrogen-bond donors (Lipinski definition) is 1. The zero-order chi connectivity index (χ0) is 16.5. The highest BCUT2D eigenvalue weighted by molar-refractivity contribution is 5.44. The standard InChI is InChI=1S/C15H17F2N7/c16-14(17)15-20-19-13-6-5-12(22-24(13)15)18-9-10-7-8-23(21-10)11-3-1-2-4-11/h5-8,11,14H,1-4,9H2,(H,18,22). The molecule has 0 amide bonds. The van der Waals surface area contributed by atoms with Crippen LogP contribution in [0.1, 0.15) is 49.7 Å². The number of fused-ring (bicyclic) bond motifs is 1. The van der Waals surface area contributed by atoms with Gasteiger partial charge in [-0.3, -0.25) is 4.68 Å². The molecule has 1 saturated carbocycles. The maximum atomic E-state index is 12.9. The molecular formula is C15H17F2N7. The molecule has 1 aliphatic rings. The number of rotatable bonds is 5. The van der Waals surface area contributed by atoms with Gasteiger partial charge in [-0.1, -0.05) is 12.8 Å². The van der Waals surface area contributed by atoms with Crippen molar-refractivity contribution in [1.82, 2.24) is 29.6 Å². The van der Waals surface area contributed by atoms with E-state index in [2.05, 4.69) is 25.7 Å². The molecular weight excluding hydrogens is 316 g/mol. The number of alkyl halides is 2. The summed E-state index contributed by atoms with van der Waals surface area (Å²) in [7, 11) is 0. The Kier molecular flexibility index (Phi) is 3.83. The largest absolute Gasteiger partial charge is 0.363 e. The highest BCUT2D eigenvalue weighted by Crippen LogP contribution is 2.28. The van der Waals surface area contributed by atoms with Gasteiger partial charge in [0, 0.05) is 6.20 Å². The molecule has 126 valence electrons. The molecule has 0 bridgehead atoms. The smallest absolute Gasteiger partial charge is 0.299 e. The average molecular weight is 333 g/mol. The van der Waals surface area contributed by atoms with Crippen molar-refractivity contribution in [1.29, 1.82) is 0 Å². The topological polar surface area (TPSA) is 72.9 Å². The predicted octanol–water partition coefficient (Wildman–Crippen LogP) is 2.99. The maximum absolute atomic E-state index is 12.9. The van der Waals surface area contributed by atoms with Gasteiger partial charge in [-0.25, -0.2) is 8.78 Å². The summed E-state index contributed by atoms with van der Waals surface area (Å²) in [5.41, 5.74) is 1.18. The Morgan fingerprint density at radius 3 is 2.75 bits per heavy atom. The first-order valence-electron chi connectivity index (χ1n) is 7.99. The highest BCUT2D eigenvalue weighted by atomic mass is 19.3. The minimum absolute atomic E-state index is 0.293. The molecule has 0 saturated heterocycles. The Balaban J connectivity index is 1.47. The fourth-order valence-electron chi connectivity index (χ4n) is 3.06. The molecule has 1 aliphatic carbocycles. The maximum Gasteiger partial charge on any atom is 0.299 e. The van der Waals surface area contributed by atoms with Crippen LogP contribution >= 0.6 is 0 Å². The van der Waals surface area contributed by atoms with E-state index in [9.17, 15) is 8.78 Å². The second-order valence-corrected chi connectivity index (χ2v) is 5.93. The van der Waals surface area contributed by atoms with E-state index >= 15 is 0 Å². The molecule has 1 fully saturated rings. The first-order valence-corrected chi connectivity index (χ1v) is 7.99. The first kappa shape index (κ1) is 15.0. The van der Waals surface area contributed by atoms with Crippen LogP contribution in [-0.4, -0.2) is 29.6 Å². The van der Waals surface area contributed by atoms with Gasteiger partial charge in [-0.15, -0.1) is 15.3 Å². The molecule has 24 heavy (non-hydrogen) atoms.